The summed E-state index contributed by atoms with van der Waals surface area (Å²) in [7, 11) is 2.58. The first-order valence-corrected chi connectivity index (χ1v) is 5.33. The maximum atomic E-state index is 10.8. The lowest BCUT2D eigenvalue weighted by molar-refractivity contribution is -0.386. The zero-order chi connectivity index (χ0) is 10.6. The van der Waals surface area contributed by atoms with E-state index in [0.717, 1.165) is 12.8 Å². The zero-order valence-electron chi connectivity index (χ0n) is 8.30. The first kappa shape index (κ1) is 12.0. The molecular weight excluding hydrogens is 207 g/mol. The highest BCUT2D eigenvalue weighted by Crippen LogP contribution is 2.32. The van der Waals surface area contributed by atoms with Gasteiger partial charge in [-0.05, 0) is 12.8 Å². The van der Waals surface area contributed by atoms with E-state index in [0.29, 0.717) is 6.61 Å². The second kappa shape index (κ2) is 5.14. The van der Waals surface area contributed by atoms with Gasteiger partial charge in [-0.3, -0.25) is 4.57 Å². The van der Waals surface area contributed by atoms with Gasteiger partial charge < -0.3 is 19.3 Å². The average Bonchev–Trinajstić information content (AvgIpc) is 2.28. The van der Waals surface area contributed by atoms with Crippen molar-refractivity contribution in [3.8, 4) is 0 Å². The smallest absolute Gasteiger partial charge is 0.308 e. The highest BCUT2D eigenvalue weighted by molar-refractivity contribution is 7.24. The van der Waals surface area contributed by atoms with E-state index in [1.807, 2.05) is 0 Å². The van der Waals surface area contributed by atoms with Crippen LogP contribution in [0.3, 0.4) is 0 Å². The minimum Gasteiger partial charge on any atom is -0.369 e. The van der Waals surface area contributed by atoms with E-state index in [-0.39, 0.29) is 14.1 Å². The highest BCUT2D eigenvalue weighted by atomic mass is 31.1. The molecule has 1 N–H and O–H groups in total. The van der Waals surface area contributed by atoms with Gasteiger partial charge in [-0.15, -0.1) is 0 Å². The Morgan fingerprint density at radius 2 is 2.14 bits per heavy atom. The Hall–Kier alpha value is -0.0600. The van der Waals surface area contributed by atoms with Crippen molar-refractivity contribution in [2.75, 3.05) is 20.8 Å². The van der Waals surface area contributed by atoms with Crippen molar-refractivity contribution in [2.24, 2.45) is 0 Å². The molecule has 0 aromatic rings. The predicted octanol–water partition coefficient (Wildman–Crippen LogP) is 0.765. The van der Waals surface area contributed by atoms with Crippen LogP contribution in [-0.4, -0.2) is 43.7 Å². The van der Waals surface area contributed by atoms with Gasteiger partial charge in [0.1, 0.15) is 0 Å². The Kier molecular flexibility index (Phi) is 4.41. The fourth-order valence-electron chi connectivity index (χ4n) is 1.54. The van der Waals surface area contributed by atoms with Crippen molar-refractivity contribution < 1.29 is 23.9 Å². The van der Waals surface area contributed by atoms with Crippen LogP contribution in [0.15, 0.2) is 0 Å². The van der Waals surface area contributed by atoms with E-state index >= 15 is 0 Å². The fraction of sp³-hybridized carbons (Fsp3) is 1.00. The molecule has 0 spiro atoms. The number of ether oxygens (including phenoxy) is 3. The molecule has 2 atom stereocenters. The molecule has 1 fully saturated rings. The van der Waals surface area contributed by atoms with Crippen LogP contribution < -0.4 is 0 Å². The Labute approximate surface area is 84.5 Å². The summed E-state index contributed by atoms with van der Waals surface area (Å²) in [5, 5.41) is 9.84. The lowest BCUT2D eigenvalue weighted by Gasteiger charge is -2.37. The lowest BCUT2D eigenvalue weighted by Crippen LogP contribution is -2.53. The normalized spacial score (nSPS) is 29.4. The second-order valence-corrected chi connectivity index (χ2v) is 4.02. The number of methoxy groups -OCH3 is 2. The van der Waals surface area contributed by atoms with Gasteiger partial charge in [0.2, 0.25) is 0 Å². The van der Waals surface area contributed by atoms with Crippen LogP contribution in [0.5, 0.6) is 0 Å². The van der Waals surface area contributed by atoms with Crippen molar-refractivity contribution >= 4 is 8.46 Å². The van der Waals surface area contributed by atoms with Gasteiger partial charge in [0.25, 0.3) is 0 Å². The highest BCUT2D eigenvalue weighted by Gasteiger charge is 2.45. The van der Waals surface area contributed by atoms with Gasteiger partial charge in [-0.2, -0.15) is 0 Å². The van der Waals surface area contributed by atoms with E-state index in [4.69, 9.17) is 14.2 Å². The van der Waals surface area contributed by atoms with Crippen LogP contribution in [0.1, 0.15) is 12.8 Å². The van der Waals surface area contributed by atoms with E-state index in [2.05, 4.69) is 0 Å². The summed E-state index contributed by atoms with van der Waals surface area (Å²) in [5.41, 5.74) is -0.284. The molecule has 0 bridgehead atoms. The summed E-state index contributed by atoms with van der Waals surface area (Å²) in [6.45, 7) is 0.520. The molecule has 82 valence electrons. The molecule has 1 heterocycles. The molecule has 0 radical (unpaired) electrons. The van der Waals surface area contributed by atoms with Gasteiger partial charge in [0.05, 0.1) is 5.66 Å². The molecule has 0 aromatic carbocycles. The maximum Gasteiger partial charge on any atom is 0.308 e. The molecule has 1 aliphatic rings. The van der Waals surface area contributed by atoms with E-state index in [1.54, 1.807) is 0 Å². The standard InChI is InChI=1S/C8H15O5P/c1-11-8(9,12-2)7-6(14-10)4-3-5-13-7/h6-7,9H,3-5H2,1-2H3. The summed E-state index contributed by atoms with van der Waals surface area (Å²) in [4.78, 5) is 0. The number of aliphatic hydroxyl groups is 1. The van der Waals surface area contributed by atoms with E-state index in [1.165, 1.54) is 14.2 Å². The van der Waals surface area contributed by atoms with Crippen molar-refractivity contribution in [3.05, 3.63) is 0 Å². The van der Waals surface area contributed by atoms with E-state index < -0.39 is 12.1 Å². The average molecular weight is 222 g/mol. The SMILES string of the molecule is COC(O)(OC)C1OCCCC1P=O. The molecule has 5 nitrogen and oxygen atoms in total. The number of hydrogen-bond donors (Lipinski definition) is 1. The van der Waals surface area contributed by atoms with Crippen LogP contribution in [0.25, 0.3) is 0 Å². The minimum absolute atomic E-state index is 0.0558. The molecule has 0 aromatic heterocycles. The molecule has 1 aliphatic heterocycles. The lowest BCUT2D eigenvalue weighted by atomic mass is 10.1. The van der Waals surface area contributed by atoms with Crippen LogP contribution in [0.2, 0.25) is 0 Å². The van der Waals surface area contributed by atoms with Gasteiger partial charge in [-0.25, -0.2) is 0 Å². The molecule has 6 heteroatoms. The van der Waals surface area contributed by atoms with Gasteiger partial charge in [0, 0.05) is 20.8 Å². The molecule has 1 rings (SSSR count). The second-order valence-electron chi connectivity index (χ2n) is 3.15. The third-order valence-electron chi connectivity index (χ3n) is 2.37. The molecule has 0 amide bonds. The molecule has 2 unspecified atom stereocenters. The largest absolute Gasteiger partial charge is 0.369 e. The molecule has 0 saturated carbocycles. The van der Waals surface area contributed by atoms with Crippen molar-refractivity contribution in [1.82, 2.24) is 0 Å². The first-order chi connectivity index (χ1) is 6.68. The maximum absolute atomic E-state index is 10.8. The quantitative estimate of drug-likeness (QED) is 0.562. The van der Waals surface area contributed by atoms with Crippen molar-refractivity contribution in [1.29, 1.82) is 0 Å². The molecular formula is C8H15O5P. The van der Waals surface area contributed by atoms with Crippen molar-refractivity contribution in [2.45, 2.75) is 30.6 Å². The predicted molar refractivity (Wildman–Crippen MR) is 49.3 cm³/mol. The Morgan fingerprint density at radius 3 is 2.64 bits per heavy atom. The van der Waals surface area contributed by atoms with Crippen LogP contribution in [0.4, 0.5) is 0 Å². The third-order valence-corrected chi connectivity index (χ3v) is 3.17. The van der Waals surface area contributed by atoms with E-state index in [9.17, 15) is 9.67 Å². The fourth-order valence-corrected chi connectivity index (χ4v) is 2.21. The Bertz CT molecular complexity index is 194. The van der Waals surface area contributed by atoms with Gasteiger partial charge >= 0.3 is 5.97 Å². The van der Waals surface area contributed by atoms with Gasteiger partial charge in [-0.1, -0.05) is 0 Å². The summed E-state index contributed by atoms with van der Waals surface area (Å²) in [6.07, 6.45) is 0.857. The Morgan fingerprint density at radius 1 is 1.50 bits per heavy atom. The topological polar surface area (TPSA) is 65.0 Å². The van der Waals surface area contributed by atoms with Crippen LogP contribution in [0, 0.1) is 0 Å². The number of hydrogen-bond acceptors (Lipinski definition) is 5. The monoisotopic (exact) mass is 222 g/mol. The third kappa shape index (κ3) is 2.30. The van der Waals surface area contributed by atoms with Crippen LogP contribution >= 0.6 is 8.46 Å². The molecule has 14 heavy (non-hydrogen) atoms. The minimum atomic E-state index is -1.80. The summed E-state index contributed by atoms with van der Waals surface area (Å²) in [5.74, 6) is -1.80. The number of rotatable bonds is 4. The van der Waals surface area contributed by atoms with Crippen LogP contribution in [-0.2, 0) is 18.8 Å². The first-order valence-electron chi connectivity index (χ1n) is 4.44. The van der Waals surface area contributed by atoms with Gasteiger partial charge in [0.15, 0.2) is 14.6 Å². The zero-order valence-corrected chi connectivity index (χ0v) is 9.20. The summed E-state index contributed by atoms with van der Waals surface area (Å²) >= 11 is 0. The summed E-state index contributed by atoms with van der Waals surface area (Å²) < 4.78 is 25.8. The summed E-state index contributed by atoms with van der Waals surface area (Å²) in [6, 6.07) is 0. The Balaban J connectivity index is 2.75. The van der Waals surface area contributed by atoms with Crippen molar-refractivity contribution in [3.63, 3.8) is 0 Å². The molecule has 1 saturated heterocycles. The molecule has 0 aliphatic carbocycles.